The van der Waals surface area contributed by atoms with E-state index in [0.717, 1.165) is 5.56 Å². The van der Waals surface area contributed by atoms with Gasteiger partial charge in [0, 0.05) is 5.56 Å². The molecule has 0 atom stereocenters. The first-order valence-corrected chi connectivity index (χ1v) is 5.16. The van der Waals surface area contributed by atoms with Crippen molar-refractivity contribution in [1.82, 2.24) is 14.8 Å². The minimum absolute atomic E-state index is 0.103. The lowest BCUT2D eigenvalue weighted by Gasteiger charge is -2.07. The Morgan fingerprint density at radius 1 is 1.39 bits per heavy atom. The van der Waals surface area contributed by atoms with Crippen LogP contribution in [0.15, 0.2) is 42.9 Å². The van der Waals surface area contributed by atoms with Crippen LogP contribution in [0.3, 0.4) is 0 Å². The fourth-order valence-electron chi connectivity index (χ4n) is 1.50. The van der Waals surface area contributed by atoms with Crippen molar-refractivity contribution in [3.05, 3.63) is 42.9 Å². The van der Waals surface area contributed by atoms with Crippen LogP contribution in [-0.2, 0) is 9.53 Å². The van der Waals surface area contributed by atoms with Crippen molar-refractivity contribution in [2.75, 3.05) is 7.11 Å². The van der Waals surface area contributed by atoms with Crippen LogP contribution in [-0.4, -0.2) is 33.0 Å². The number of benzene rings is 1. The number of carbonyl (C=O) groups excluding carboxylic acids is 1. The molecule has 1 heterocycles. The number of aliphatic hydroxyl groups is 1. The lowest BCUT2D eigenvalue weighted by molar-refractivity contribution is -0.134. The summed E-state index contributed by atoms with van der Waals surface area (Å²) < 4.78 is 5.79. The molecule has 6 heteroatoms. The molecule has 0 aliphatic rings. The van der Waals surface area contributed by atoms with E-state index < -0.39 is 5.97 Å². The Labute approximate surface area is 103 Å². The maximum absolute atomic E-state index is 11.5. The summed E-state index contributed by atoms with van der Waals surface area (Å²) in [6, 6.07) is 9.20. The zero-order valence-electron chi connectivity index (χ0n) is 9.65. The number of aliphatic hydroxyl groups excluding tert-OH is 1. The largest absolute Gasteiger partial charge is 0.513 e. The number of aromatic nitrogens is 3. The van der Waals surface area contributed by atoms with Gasteiger partial charge in [-0.05, 0) is 0 Å². The van der Waals surface area contributed by atoms with Crippen molar-refractivity contribution in [2.24, 2.45) is 0 Å². The SMILES string of the molecule is COC(=O)/C(=C/O)n1ncnc1-c1ccccc1. The van der Waals surface area contributed by atoms with Crippen molar-refractivity contribution >= 4 is 11.7 Å². The molecule has 0 aliphatic heterocycles. The highest BCUT2D eigenvalue weighted by Gasteiger charge is 2.18. The molecular formula is C12H11N3O3. The van der Waals surface area contributed by atoms with Gasteiger partial charge in [-0.3, -0.25) is 0 Å². The maximum atomic E-state index is 11.5. The first kappa shape index (κ1) is 11.8. The lowest BCUT2D eigenvalue weighted by Crippen LogP contribution is -2.13. The fraction of sp³-hybridized carbons (Fsp3) is 0.0833. The molecule has 0 saturated heterocycles. The molecule has 0 aliphatic carbocycles. The van der Waals surface area contributed by atoms with Gasteiger partial charge in [0.25, 0.3) is 0 Å². The molecule has 1 aromatic carbocycles. The van der Waals surface area contributed by atoms with Gasteiger partial charge in [-0.15, -0.1) is 0 Å². The Hall–Kier alpha value is -2.63. The molecule has 2 rings (SSSR count). The highest BCUT2D eigenvalue weighted by molar-refractivity contribution is 6.09. The van der Waals surface area contributed by atoms with Crippen molar-refractivity contribution in [3.63, 3.8) is 0 Å². The summed E-state index contributed by atoms with van der Waals surface area (Å²) in [4.78, 5) is 15.5. The molecule has 0 bridgehead atoms. The minimum atomic E-state index is -0.694. The lowest BCUT2D eigenvalue weighted by atomic mass is 10.2. The Bertz CT molecular complexity index is 575. The average molecular weight is 245 g/mol. The number of hydrogen-bond acceptors (Lipinski definition) is 5. The average Bonchev–Trinajstić information content (AvgIpc) is 2.89. The standard InChI is InChI=1S/C12H11N3O3/c1-18-12(17)10(7-16)15-11(13-8-14-15)9-5-3-2-4-6-9/h2-8,16H,1H3/b10-7-. The normalized spacial score (nSPS) is 11.3. The number of esters is 1. The number of nitrogens with zero attached hydrogens (tertiary/aromatic N) is 3. The van der Waals surface area contributed by atoms with Crippen LogP contribution in [0.4, 0.5) is 0 Å². The van der Waals surface area contributed by atoms with Gasteiger partial charge < -0.3 is 9.84 Å². The van der Waals surface area contributed by atoms with Crippen molar-refractivity contribution in [2.45, 2.75) is 0 Å². The summed E-state index contributed by atoms with van der Waals surface area (Å²) in [5.74, 6) is -0.249. The second kappa shape index (κ2) is 5.13. The van der Waals surface area contributed by atoms with E-state index in [-0.39, 0.29) is 5.70 Å². The molecule has 92 valence electrons. The minimum Gasteiger partial charge on any atom is -0.513 e. The van der Waals surface area contributed by atoms with Crippen LogP contribution < -0.4 is 0 Å². The number of methoxy groups -OCH3 is 1. The van der Waals surface area contributed by atoms with Crippen molar-refractivity contribution in [1.29, 1.82) is 0 Å². The quantitative estimate of drug-likeness (QED) is 0.503. The van der Waals surface area contributed by atoms with Crippen LogP contribution in [0.25, 0.3) is 17.1 Å². The van der Waals surface area contributed by atoms with Gasteiger partial charge in [0.05, 0.1) is 7.11 Å². The van der Waals surface area contributed by atoms with E-state index in [1.165, 1.54) is 18.1 Å². The summed E-state index contributed by atoms with van der Waals surface area (Å²) >= 11 is 0. The molecule has 0 saturated carbocycles. The van der Waals surface area contributed by atoms with E-state index in [1.807, 2.05) is 30.3 Å². The van der Waals surface area contributed by atoms with Gasteiger partial charge in [-0.25, -0.2) is 14.5 Å². The van der Waals surface area contributed by atoms with E-state index in [1.54, 1.807) is 0 Å². The fourth-order valence-corrected chi connectivity index (χ4v) is 1.50. The topological polar surface area (TPSA) is 77.2 Å². The van der Waals surface area contributed by atoms with E-state index >= 15 is 0 Å². The van der Waals surface area contributed by atoms with Crippen molar-refractivity contribution < 1.29 is 14.6 Å². The van der Waals surface area contributed by atoms with Crippen LogP contribution >= 0.6 is 0 Å². The third kappa shape index (κ3) is 2.08. The zero-order valence-corrected chi connectivity index (χ0v) is 9.65. The highest BCUT2D eigenvalue weighted by atomic mass is 16.5. The predicted molar refractivity (Wildman–Crippen MR) is 64.4 cm³/mol. The van der Waals surface area contributed by atoms with Crippen LogP contribution in [0, 0.1) is 0 Å². The smallest absolute Gasteiger partial charge is 0.360 e. The summed E-state index contributed by atoms with van der Waals surface area (Å²) in [6.45, 7) is 0. The zero-order chi connectivity index (χ0) is 13.0. The van der Waals surface area contributed by atoms with Gasteiger partial charge in [-0.1, -0.05) is 30.3 Å². The Kier molecular flexibility index (Phi) is 3.38. The molecule has 6 nitrogen and oxygen atoms in total. The van der Waals surface area contributed by atoms with Gasteiger partial charge in [0.15, 0.2) is 11.5 Å². The molecule has 2 aromatic rings. The van der Waals surface area contributed by atoms with E-state index in [0.29, 0.717) is 12.1 Å². The third-order valence-electron chi connectivity index (χ3n) is 2.32. The van der Waals surface area contributed by atoms with Crippen molar-refractivity contribution in [3.8, 4) is 11.4 Å². The van der Waals surface area contributed by atoms with Gasteiger partial charge in [0.2, 0.25) is 0 Å². The molecule has 18 heavy (non-hydrogen) atoms. The second-order valence-corrected chi connectivity index (χ2v) is 3.37. The second-order valence-electron chi connectivity index (χ2n) is 3.37. The molecule has 1 N–H and O–H groups in total. The van der Waals surface area contributed by atoms with Gasteiger partial charge in [-0.2, -0.15) is 5.10 Å². The molecule has 1 aromatic heterocycles. The monoisotopic (exact) mass is 245 g/mol. The Morgan fingerprint density at radius 2 is 2.11 bits per heavy atom. The van der Waals surface area contributed by atoms with Crippen LogP contribution in [0.1, 0.15) is 0 Å². The number of hydrogen-bond donors (Lipinski definition) is 1. The first-order valence-electron chi connectivity index (χ1n) is 5.16. The first-order chi connectivity index (χ1) is 8.77. The molecular weight excluding hydrogens is 234 g/mol. The van der Waals surface area contributed by atoms with Crippen LogP contribution in [0.2, 0.25) is 0 Å². The summed E-state index contributed by atoms with van der Waals surface area (Å²) in [5.41, 5.74) is 0.673. The highest BCUT2D eigenvalue weighted by Crippen LogP contribution is 2.19. The summed E-state index contributed by atoms with van der Waals surface area (Å²) in [6.07, 6.45) is 1.95. The number of carbonyl (C=O) groups is 1. The Balaban J connectivity index is 2.49. The third-order valence-corrected chi connectivity index (χ3v) is 2.32. The van der Waals surface area contributed by atoms with E-state index in [9.17, 15) is 4.79 Å². The summed E-state index contributed by atoms with van der Waals surface area (Å²) in [5, 5.41) is 13.0. The van der Waals surface area contributed by atoms with Crippen LogP contribution in [0.5, 0.6) is 0 Å². The van der Waals surface area contributed by atoms with E-state index in [4.69, 9.17) is 5.11 Å². The Morgan fingerprint density at radius 3 is 2.72 bits per heavy atom. The number of ether oxygens (including phenoxy) is 1. The van der Waals surface area contributed by atoms with Gasteiger partial charge in [0.1, 0.15) is 12.6 Å². The molecule has 0 spiro atoms. The summed E-state index contributed by atoms with van der Waals surface area (Å²) in [7, 11) is 1.23. The molecule has 0 fully saturated rings. The van der Waals surface area contributed by atoms with Gasteiger partial charge >= 0.3 is 5.97 Å². The maximum Gasteiger partial charge on any atom is 0.360 e. The molecule has 0 radical (unpaired) electrons. The molecule has 0 unspecified atom stereocenters. The van der Waals surface area contributed by atoms with E-state index in [2.05, 4.69) is 14.8 Å². The predicted octanol–water partition coefficient (Wildman–Crippen LogP) is 1.47. The number of rotatable bonds is 3. The molecule has 0 amide bonds.